The Kier molecular flexibility index (Phi) is 5.32. The summed E-state index contributed by atoms with van der Waals surface area (Å²) in [4.78, 5) is 5.51. The molecule has 0 radical (unpaired) electrons. The summed E-state index contributed by atoms with van der Waals surface area (Å²) in [7, 11) is 0. The zero-order valence-electron chi connectivity index (χ0n) is 13.5. The molecule has 3 aliphatic rings. The minimum absolute atomic E-state index is 0.810. The first-order chi connectivity index (χ1) is 10.3. The maximum absolute atomic E-state index is 2.80. The van der Waals surface area contributed by atoms with Crippen LogP contribution in [0.25, 0.3) is 0 Å². The van der Waals surface area contributed by atoms with E-state index in [0.29, 0.717) is 0 Å². The third kappa shape index (κ3) is 4.08. The lowest BCUT2D eigenvalue weighted by Gasteiger charge is -2.36. The van der Waals surface area contributed by atoms with Crippen molar-refractivity contribution in [1.29, 1.82) is 0 Å². The van der Waals surface area contributed by atoms with E-state index in [0.717, 1.165) is 18.5 Å². The summed E-state index contributed by atoms with van der Waals surface area (Å²) >= 11 is 0. The van der Waals surface area contributed by atoms with E-state index in [1.807, 2.05) is 0 Å². The number of hydrogen-bond donors (Lipinski definition) is 0. The summed E-state index contributed by atoms with van der Waals surface area (Å²) < 4.78 is 0. The molecule has 0 amide bonds. The predicted molar refractivity (Wildman–Crippen MR) is 89.3 cm³/mol. The molecule has 0 aromatic heterocycles. The van der Waals surface area contributed by atoms with Crippen molar-refractivity contribution in [3.8, 4) is 0 Å². The van der Waals surface area contributed by atoms with Crippen LogP contribution in [0.5, 0.6) is 0 Å². The minimum Gasteiger partial charge on any atom is -0.299 e. The summed E-state index contributed by atoms with van der Waals surface area (Å²) in [5.74, 6) is 0.897. The van der Waals surface area contributed by atoms with Gasteiger partial charge in [0.05, 0.1) is 0 Å². The van der Waals surface area contributed by atoms with Crippen LogP contribution in [0, 0.1) is 5.92 Å². The van der Waals surface area contributed by atoms with Crippen molar-refractivity contribution in [2.45, 2.75) is 51.6 Å². The Labute approximate surface area is 130 Å². The van der Waals surface area contributed by atoms with Crippen LogP contribution < -0.4 is 0 Å². The molecule has 0 N–H and O–H groups in total. The zero-order chi connectivity index (χ0) is 14.5. The fourth-order valence-corrected chi connectivity index (χ4v) is 4.09. The van der Waals surface area contributed by atoms with E-state index in [1.54, 1.807) is 0 Å². The highest BCUT2D eigenvalue weighted by atomic mass is 15.3. The van der Waals surface area contributed by atoms with Gasteiger partial charge in [0.25, 0.3) is 0 Å². The van der Waals surface area contributed by atoms with Crippen molar-refractivity contribution >= 4 is 0 Å². The smallest absolute Gasteiger partial charge is 0.0234 e. The van der Waals surface area contributed by atoms with Crippen LogP contribution in [0.4, 0.5) is 0 Å². The van der Waals surface area contributed by atoms with Crippen molar-refractivity contribution in [3.05, 3.63) is 35.9 Å². The predicted octanol–water partition coefficient (Wildman–Crippen LogP) is 3.77. The van der Waals surface area contributed by atoms with Crippen LogP contribution in [-0.4, -0.2) is 42.0 Å². The normalized spacial score (nSPS) is 26.9. The summed E-state index contributed by atoms with van der Waals surface area (Å²) in [5.41, 5.74) is 1.47. The van der Waals surface area contributed by atoms with Gasteiger partial charge in [-0.25, -0.2) is 0 Å². The second-order valence-corrected chi connectivity index (χ2v) is 6.98. The number of unbranched alkanes of at least 4 members (excludes halogenated alkanes) is 2. The van der Waals surface area contributed by atoms with Gasteiger partial charge in [0, 0.05) is 32.2 Å². The second kappa shape index (κ2) is 7.42. The molecule has 116 valence electrons. The Morgan fingerprint density at radius 1 is 1.00 bits per heavy atom. The van der Waals surface area contributed by atoms with Gasteiger partial charge in [-0.15, -0.1) is 0 Å². The molecule has 0 saturated carbocycles. The van der Waals surface area contributed by atoms with Gasteiger partial charge in [0.1, 0.15) is 0 Å². The van der Waals surface area contributed by atoms with Crippen molar-refractivity contribution in [1.82, 2.24) is 9.80 Å². The Morgan fingerprint density at radius 2 is 1.86 bits per heavy atom. The topological polar surface area (TPSA) is 6.48 Å². The van der Waals surface area contributed by atoms with Gasteiger partial charge in [-0.2, -0.15) is 0 Å². The number of piperidine rings is 1. The molecule has 1 aromatic carbocycles. The molecule has 4 rings (SSSR count). The molecule has 21 heavy (non-hydrogen) atoms. The van der Waals surface area contributed by atoms with E-state index >= 15 is 0 Å². The lowest BCUT2D eigenvalue weighted by atomic mass is 9.95. The number of benzene rings is 1. The van der Waals surface area contributed by atoms with E-state index < -0.39 is 0 Å². The van der Waals surface area contributed by atoms with Crippen molar-refractivity contribution in [3.63, 3.8) is 0 Å². The fraction of sp³-hybridized carbons (Fsp3) is 0.684. The standard InChI is InChI=1S/C19H30N2/c1-2-3-7-12-21-15-18-10-11-19(21)16-20(14-18)13-17-8-5-4-6-9-17/h4-6,8-9,18-19H,2-3,7,10-16H2,1H3. The molecule has 3 fully saturated rings. The van der Waals surface area contributed by atoms with Crippen LogP contribution in [0.2, 0.25) is 0 Å². The third-order valence-electron chi connectivity index (χ3n) is 5.20. The summed E-state index contributed by atoms with van der Waals surface area (Å²) in [6.07, 6.45) is 6.98. The number of hydrogen-bond acceptors (Lipinski definition) is 2. The van der Waals surface area contributed by atoms with Crippen LogP contribution in [0.3, 0.4) is 0 Å². The second-order valence-electron chi connectivity index (χ2n) is 6.98. The molecule has 0 spiro atoms. The molecular formula is C19H30N2. The fourth-order valence-electron chi connectivity index (χ4n) is 4.09. The van der Waals surface area contributed by atoms with Gasteiger partial charge in [0.2, 0.25) is 0 Å². The zero-order valence-corrected chi connectivity index (χ0v) is 13.5. The summed E-state index contributed by atoms with van der Waals surface area (Å²) in [6, 6.07) is 11.8. The van der Waals surface area contributed by atoms with Gasteiger partial charge in [0.15, 0.2) is 0 Å². The molecule has 1 aromatic rings. The molecule has 2 bridgehead atoms. The molecule has 2 unspecified atom stereocenters. The number of rotatable bonds is 6. The minimum atomic E-state index is 0.810. The number of nitrogens with zero attached hydrogens (tertiary/aromatic N) is 2. The van der Waals surface area contributed by atoms with E-state index in [2.05, 4.69) is 47.1 Å². The van der Waals surface area contributed by atoms with Crippen LogP contribution in [0.15, 0.2) is 30.3 Å². The Morgan fingerprint density at radius 3 is 2.67 bits per heavy atom. The molecular weight excluding hydrogens is 256 g/mol. The lowest BCUT2D eigenvalue weighted by Crippen LogP contribution is -2.44. The average Bonchev–Trinajstić information content (AvgIpc) is 2.79. The summed E-state index contributed by atoms with van der Waals surface area (Å²) in [5, 5.41) is 0. The van der Waals surface area contributed by atoms with Crippen molar-refractivity contribution in [2.24, 2.45) is 5.92 Å². The lowest BCUT2D eigenvalue weighted by molar-refractivity contribution is 0.128. The molecule has 3 heterocycles. The van der Waals surface area contributed by atoms with Gasteiger partial charge >= 0.3 is 0 Å². The Balaban J connectivity index is 1.58. The van der Waals surface area contributed by atoms with E-state index in [-0.39, 0.29) is 0 Å². The average molecular weight is 286 g/mol. The molecule has 0 aliphatic carbocycles. The highest BCUT2D eigenvalue weighted by Gasteiger charge is 2.34. The first kappa shape index (κ1) is 15.1. The van der Waals surface area contributed by atoms with Gasteiger partial charge in [-0.05, 0) is 37.3 Å². The van der Waals surface area contributed by atoms with E-state index in [4.69, 9.17) is 0 Å². The molecule has 2 nitrogen and oxygen atoms in total. The third-order valence-corrected chi connectivity index (χ3v) is 5.20. The summed E-state index contributed by atoms with van der Waals surface area (Å²) in [6.45, 7) is 8.69. The van der Waals surface area contributed by atoms with Crippen LogP contribution in [0.1, 0.15) is 44.6 Å². The van der Waals surface area contributed by atoms with Gasteiger partial charge in [-0.3, -0.25) is 9.80 Å². The first-order valence-electron chi connectivity index (χ1n) is 8.85. The maximum Gasteiger partial charge on any atom is 0.0234 e. The maximum atomic E-state index is 2.80. The first-order valence-corrected chi connectivity index (χ1v) is 8.85. The van der Waals surface area contributed by atoms with E-state index in [9.17, 15) is 0 Å². The monoisotopic (exact) mass is 286 g/mol. The van der Waals surface area contributed by atoms with E-state index in [1.165, 1.54) is 63.8 Å². The largest absolute Gasteiger partial charge is 0.299 e. The molecule has 3 aliphatic heterocycles. The van der Waals surface area contributed by atoms with Gasteiger partial charge < -0.3 is 0 Å². The van der Waals surface area contributed by atoms with Crippen LogP contribution >= 0.6 is 0 Å². The quantitative estimate of drug-likeness (QED) is 0.734. The Hall–Kier alpha value is -0.860. The highest BCUT2D eigenvalue weighted by Crippen LogP contribution is 2.29. The molecule has 2 heteroatoms. The van der Waals surface area contributed by atoms with Gasteiger partial charge in [-0.1, -0.05) is 50.1 Å². The molecule has 3 saturated heterocycles. The SMILES string of the molecule is CCCCCN1CC2CCC1CN(Cc1ccccc1)C2. The van der Waals surface area contributed by atoms with Crippen LogP contribution in [-0.2, 0) is 6.54 Å². The van der Waals surface area contributed by atoms with Crippen molar-refractivity contribution in [2.75, 3.05) is 26.2 Å². The van der Waals surface area contributed by atoms with Crippen molar-refractivity contribution < 1.29 is 0 Å². The highest BCUT2D eigenvalue weighted by molar-refractivity contribution is 5.14. The molecule has 2 atom stereocenters. The number of fused-ring (bicyclic) bond motifs is 4. The Bertz CT molecular complexity index is 417.